The first-order valence-electron chi connectivity index (χ1n) is 6.20. The summed E-state index contributed by atoms with van der Waals surface area (Å²) < 4.78 is 18.3. The number of benzene rings is 1. The molecule has 1 aromatic rings. The van der Waals surface area contributed by atoms with Crippen molar-refractivity contribution in [1.29, 1.82) is 0 Å². The molecule has 6 heteroatoms. The summed E-state index contributed by atoms with van der Waals surface area (Å²) in [6.45, 7) is 1.45. The second kappa shape index (κ2) is 6.73. The van der Waals surface area contributed by atoms with Crippen molar-refractivity contribution < 1.29 is 13.9 Å². The molecule has 0 radical (unpaired) electrons. The average molecular weight is 287 g/mol. The Morgan fingerprint density at radius 3 is 2.79 bits per heavy atom. The van der Waals surface area contributed by atoms with E-state index in [1.165, 1.54) is 12.1 Å². The molecule has 1 fully saturated rings. The Hall–Kier alpha value is -1.33. The number of ether oxygens (including phenoxy) is 1. The molecular formula is C13H16ClFN2O2. The number of rotatable bonds is 4. The first kappa shape index (κ1) is 14.1. The molecule has 2 rings (SSSR count). The van der Waals surface area contributed by atoms with Crippen LogP contribution in [0, 0.1) is 5.82 Å². The molecule has 104 valence electrons. The van der Waals surface area contributed by atoms with E-state index in [4.69, 9.17) is 16.3 Å². The molecule has 2 N–H and O–H groups in total. The summed E-state index contributed by atoms with van der Waals surface area (Å²) in [5.74, 6) is -0.549. The molecular weight excluding hydrogens is 271 g/mol. The maximum atomic E-state index is 13.1. The Kier molecular flexibility index (Phi) is 4.99. The number of anilines is 1. The van der Waals surface area contributed by atoms with E-state index in [0.717, 1.165) is 12.8 Å². The van der Waals surface area contributed by atoms with Crippen LogP contribution in [0.25, 0.3) is 0 Å². The van der Waals surface area contributed by atoms with Crippen molar-refractivity contribution in [2.45, 2.75) is 18.9 Å². The van der Waals surface area contributed by atoms with Gasteiger partial charge in [0.25, 0.3) is 0 Å². The normalized spacial score (nSPS) is 16.1. The molecule has 19 heavy (non-hydrogen) atoms. The average Bonchev–Trinajstić information content (AvgIpc) is 2.36. The number of hydrogen-bond acceptors (Lipinski definition) is 3. The Labute approximate surface area is 116 Å². The van der Waals surface area contributed by atoms with Gasteiger partial charge < -0.3 is 15.4 Å². The molecule has 0 bridgehead atoms. The Morgan fingerprint density at radius 1 is 1.37 bits per heavy atom. The lowest BCUT2D eigenvalue weighted by atomic mass is 10.1. The molecule has 0 aromatic heterocycles. The van der Waals surface area contributed by atoms with Crippen LogP contribution in [0.2, 0.25) is 5.02 Å². The van der Waals surface area contributed by atoms with Gasteiger partial charge in [0.2, 0.25) is 5.91 Å². The molecule has 1 amide bonds. The van der Waals surface area contributed by atoms with Gasteiger partial charge in [-0.2, -0.15) is 0 Å². The largest absolute Gasteiger partial charge is 0.381 e. The predicted molar refractivity (Wildman–Crippen MR) is 71.9 cm³/mol. The lowest BCUT2D eigenvalue weighted by Crippen LogP contribution is -2.41. The van der Waals surface area contributed by atoms with Crippen LogP contribution in [0.3, 0.4) is 0 Å². The van der Waals surface area contributed by atoms with Crippen molar-refractivity contribution in [2.75, 3.05) is 25.1 Å². The fraction of sp³-hybridized carbons (Fsp3) is 0.462. The van der Waals surface area contributed by atoms with Crippen LogP contribution >= 0.6 is 11.6 Å². The van der Waals surface area contributed by atoms with Crippen molar-refractivity contribution in [2.24, 2.45) is 0 Å². The molecule has 0 unspecified atom stereocenters. The highest BCUT2D eigenvalue weighted by Crippen LogP contribution is 2.17. The van der Waals surface area contributed by atoms with Gasteiger partial charge in [0.15, 0.2) is 0 Å². The van der Waals surface area contributed by atoms with E-state index in [0.29, 0.717) is 23.9 Å². The van der Waals surface area contributed by atoms with Crippen LogP contribution in [0.5, 0.6) is 0 Å². The molecule has 1 aromatic carbocycles. The lowest BCUT2D eigenvalue weighted by molar-refractivity contribution is -0.120. The van der Waals surface area contributed by atoms with Crippen LogP contribution in [0.4, 0.5) is 10.1 Å². The van der Waals surface area contributed by atoms with Crippen molar-refractivity contribution >= 4 is 23.2 Å². The SMILES string of the molecule is O=C(CNc1cc(F)cc(Cl)c1)NC1CCOCC1. The zero-order valence-corrected chi connectivity index (χ0v) is 11.2. The number of nitrogens with one attached hydrogen (secondary N) is 2. The van der Waals surface area contributed by atoms with Crippen LogP contribution < -0.4 is 10.6 Å². The van der Waals surface area contributed by atoms with Crippen LogP contribution in [0.1, 0.15) is 12.8 Å². The monoisotopic (exact) mass is 286 g/mol. The standard InChI is InChI=1S/C13H16ClFN2O2/c14-9-5-10(15)7-12(6-9)16-8-13(18)17-11-1-3-19-4-2-11/h5-7,11,16H,1-4,8H2,(H,17,18). The maximum Gasteiger partial charge on any atom is 0.239 e. The second-order valence-corrected chi connectivity index (χ2v) is 4.90. The Morgan fingerprint density at radius 2 is 2.11 bits per heavy atom. The number of hydrogen-bond donors (Lipinski definition) is 2. The van der Waals surface area contributed by atoms with Crippen molar-refractivity contribution in [1.82, 2.24) is 5.32 Å². The summed E-state index contributed by atoms with van der Waals surface area (Å²) in [4.78, 5) is 11.7. The predicted octanol–water partition coefficient (Wildman–Crippen LogP) is 2.19. The van der Waals surface area contributed by atoms with Crippen molar-refractivity contribution in [3.05, 3.63) is 29.0 Å². The van der Waals surface area contributed by atoms with E-state index in [9.17, 15) is 9.18 Å². The molecule has 0 spiro atoms. The van der Waals surface area contributed by atoms with E-state index in [1.807, 2.05) is 0 Å². The van der Waals surface area contributed by atoms with E-state index >= 15 is 0 Å². The molecule has 0 aliphatic carbocycles. The molecule has 0 atom stereocenters. The first-order valence-corrected chi connectivity index (χ1v) is 6.58. The summed E-state index contributed by atoms with van der Waals surface area (Å²) in [6.07, 6.45) is 1.66. The number of halogens is 2. The number of amides is 1. The van der Waals surface area contributed by atoms with Gasteiger partial charge in [-0.15, -0.1) is 0 Å². The van der Waals surface area contributed by atoms with Gasteiger partial charge in [-0.05, 0) is 31.0 Å². The Bertz CT molecular complexity index is 430. The van der Waals surface area contributed by atoms with E-state index in [1.54, 1.807) is 6.07 Å². The number of carbonyl (C=O) groups is 1. The fourth-order valence-corrected chi connectivity index (χ4v) is 2.18. The zero-order valence-electron chi connectivity index (χ0n) is 10.4. The van der Waals surface area contributed by atoms with E-state index < -0.39 is 5.82 Å². The summed E-state index contributed by atoms with van der Waals surface area (Å²) in [7, 11) is 0. The van der Waals surface area contributed by atoms with Crippen LogP contribution in [-0.2, 0) is 9.53 Å². The highest BCUT2D eigenvalue weighted by Gasteiger charge is 2.15. The summed E-state index contributed by atoms with van der Waals surface area (Å²) in [5, 5.41) is 6.06. The third kappa shape index (κ3) is 4.69. The zero-order chi connectivity index (χ0) is 13.7. The summed E-state index contributed by atoms with van der Waals surface area (Å²) >= 11 is 5.73. The quantitative estimate of drug-likeness (QED) is 0.892. The number of carbonyl (C=O) groups excluding carboxylic acids is 1. The van der Waals surface area contributed by atoms with Gasteiger partial charge in [-0.1, -0.05) is 11.6 Å². The highest BCUT2D eigenvalue weighted by molar-refractivity contribution is 6.30. The second-order valence-electron chi connectivity index (χ2n) is 4.47. The molecule has 4 nitrogen and oxygen atoms in total. The third-order valence-corrected chi connectivity index (χ3v) is 3.12. The van der Waals surface area contributed by atoms with Gasteiger partial charge in [-0.3, -0.25) is 4.79 Å². The minimum Gasteiger partial charge on any atom is -0.381 e. The molecule has 1 heterocycles. The van der Waals surface area contributed by atoms with Crippen molar-refractivity contribution in [3.8, 4) is 0 Å². The van der Waals surface area contributed by atoms with Gasteiger partial charge in [-0.25, -0.2) is 4.39 Å². The van der Waals surface area contributed by atoms with E-state index in [2.05, 4.69) is 10.6 Å². The highest BCUT2D eigenvalue weighted by atomic mass is 35.5. The van der Waals surface area contributed by atoms with Crippen molar-refractivity contribution in [3.63, 3.8) is 0 Å². The fourth-order valence-electron chi connectivity index (χ4n) is 1.96. The summed E-state index contributed by atoms with van der Waals surface area (Å²) in [5.41, 5.74) is 0.493. The minimum atomic E-state index is -0.431. The lowest BCUT2D eigenvalue weighted by Gasteiger charge is -2.23. The Balaban J connectivity index is 1.79. The topological polar surface area (TPSA) is 50.4 Å². The van der Waals surface area contributed by atoms with E-state index in [-0.39, 0.29) is 18.5 Å². The van der Waals surface area contributed by atoms with Gasteiger partial charge in [0.05, 0.1) is 6.54 Å². The minimum absolute atomic E-state index is 0.0944. The smallest absolute Gasteiger partial charge is 0.239 e. The molecule has 1 saturated heterocycles. The maximum absolute atomic E-state index is 13.1. The molecule has 0 saturated carbocycles. The third-order valence-electron chi connectivity index (χ3n) is 2.90. The first-order chi connectivity index (χ1) is 9.13. The van der Waals surface area contributed by atoms with Crippen LogP contribution in [0.15, 0.2) is 18.2 Å². The van der Waals surface area contributed by atoms with Crippen LogP contribution in [-0.4, -0.2) is 31.7 Å². The van der Waals surface area contributed by atoms with Gasteiger partial charge in [0, 0.05) is 30.0 Å². The molecule has 1 aliphatic rings. The van der Waals surface area contributed by atoms with Gasteiger partial charge in [0.1, 0.15) is 5.82 Å². The van der Waals surface area contributed by atoms with Gasteiger partial charge >= 0.3 is 0 Å². The molecule has 1 aliphatic heterocycles. The summed E-state index contributed by atoms with van der Waals surface area (Å²) in [6, 6.07) is 4.26.